The standard InChI is InChI=1S/C29H35N3O2S/c1-22(2)18-25-21-32(24-14-8-5-9-15-24)28-20-27(31-16-10-11-17-31)26(23-12-6-4-7-13-23)19-29(28)35(33,34)30(25)3/h4-9,12-15,19-20,22,25H,10-11,16-18,21H2,1-3H3. The molecule has 0 amide bonds. The summed E-state index contributed by atoms with van der Waals surface area (Å²) in [7, 11) is -1.94. The van der Waals surface area contributed by atoms with Crippen LogP contribution in [0, 0.1) is 5.92 Å². The van der Waals surface area contributed by atoms with Gasteiger partial charge in [-0.15, -0.1) is 0 Å². The van der Waals surface area contributed by atoms with Crippen molar-refractivity contribution in [1.29, 1.82) is 0 Å². The lowest BCUT2D eigenvalue weighted by molar-refractivity contribution is 0.326. The van der Waals surface area contributed by atoms with Crippen molar-refractivity contribution >= 4 is 27.1 Å². The second kappa shape index (κ2) is 9.67. The summed E-state index contributed by atoms with van der Waals surface area (Å²) >= 11 is 0. The minimum Gasteiger partial charge on any atom is -0.371 e. The Balaban J connectivity index is 1.77. The number of para-hydroxylation sites is 1. The van der Waals surface area contributed by atoms with E-state index in [9.17, 15) is 8.42 Å². The Morgan fingerprint density at radius 2 is 1.51 bits per heavy atom. The first kappa shape index (κ1) is 23.9. The fourth-order valence-corrected chi connectivity index (χ4v) is 6.99. The van der Waals surface area contributed by atoms with Crippen molar-refractivity contribution < 1.29 is 8.42 Å². The summed E-state index contributed by atoms with van der Waals surface area (Å²) in [6.07, 6.45) is 3.12. The number of likely N-dealkylation sites (N-methyl/N-ethyl adjacent to an activating group) is 1. The van der Waals surface area contributed by atoms with E-state index >= 15 is 0 Å². The van der Waals surface area contributed by atoms with Crippen LogP contribution in [0.2, 0.25) is 0 Å². The quantitative estimate of drug-likeness (QED) is 0.432. The summed E-state index contributed by atoms with van der Waals surface area (Å²) in [5.74, 6) is 0.386. The average molecular weight is 490 g/mol. The first-order valence-electron chi connectivity index (χ1n) is 12.7. The van der Waals surface area contributed by atoms with Gasteiger partial charge in [-0.05, 0) is 55.0 Å². The van der Waals surface area contributed by atoms with Gasteiger partial charge < -0.3 is 9.80 Å². The second-order valence-electron chi connectivity index (χ2n) is 10.1. The van der Waals surface area contributed by atoms with E-state index in [0.29, 0.717) is 17.4 Å². The van der Waals surface area contributed by atoms with Crippen molar-refractivity contribution in [3.05, 3.63) is 72.8 Å². The predicted octanol–water partition coefficient (Wildman–Crippen LogP) is 6.14. The summed E-state index contributed by atoms with van der Waals surface area (Å²) < 4.78 is 29.8. The number of benzene rings is 3. The fraction of sp³-hybridized carbons (Fsp3) is 0.379. The van der Waals surface area contributed by atoms with Gasteiger partial charge >= 0.3 is 0 Å². The number of hydrogen-bond acceptors (Lipinski definition) is 4. The van der Waals surface area contributed by atoms with Crippen LogP contribution in [0.5, 0.6) is 0 Å². The highest BCUT2D eigenvalue weighted by Gasteiger charge is 2.38. The van der Waals surface area contributed by atoms with E-state index in [1.165, 1.54) is 0 Å². The smallest absolute Gasteiger partial charge is 0.245 e. The summed E-state index contributed by atoms with van der Waals surface area (Å²) in [4.78, 5) is 5.02. The molecule has 2 aliphatic heterocycles. The number of nitrogens with zero attached hydrogens (tertiary/aromatic N) is 3. The van der Waals surface area contributed by atoms with Gasteiger partial charge in [0, 0.05) is 49.7 Å². The van der Waals surface area contributed by atoms with Gasteiger partial charge in [-0.3, -0.25) is 0 Å². The van der Waals surface area contributed by atoms with Gasteiger partial charge in [0.25, 0.3) is 0 Å². The summed E-state index contributed by atoms with van der Waals surface area (Å²) in [5.41, 5.74) is 4.94. The molecule has 1 unspecified atom stereocenters. The van der Waals surface area contributed by atoms with E-state index in [1.807, 2.05) is 42.5 Å². The van der Waals surface area contributed by atoms with Crippen LogP contribution in [0.25, 0.3) is 11.1 Å². The highest BCUT2D eigenvalue weighted by atomic mass is 32.2. The van der Waals surface area contributed by atoms with E-state index < -0.39 is 10.0 Å². The zero-order valence-corrected chi connectivity index (χ0v) is 21.7. The Kier molecular flexibility index (Phi) is 6.60. The molecule has 184 valence electrons. The molecule has 1 fully saturated rings. The van der Waals surface area contributed by atoms with Gasteiger partial charge in [0.2, 0.25) is 10.0 Å². The van der Waals surface area contributed by atoms with Crippen molar-refractivity contribution in [2.24, 2.45) is 5.92 Å². The monoisotopic (exact) mass is 489 g/mol. The van der Waals surface area contributed by atoms with Gasteiger partial charge in [0.15, 0.2) is 0 Å². The van der Waals surface area contributed by atoms with Crippen LogP contribution in [0.4, 0.5) is 17.1 Å². The Hall–Kier alpha value is -2.83. The summed E-state index contributed by atoms with van der Waals surface area (Å²) in [5, 5.41) is 0. The van der Waals surface area contributed by atoms with E-state index in [1.54, 1.807) is 11.4 Å². The van der Waals surface area contributed by atoms with Crippen LogP contribution < -0.4 is 9.80 Å². The van der Waals surface area contributed by atoms with Crippen molar-refractivity contribution in [2.75, 3.05) is 36.5 Å². The third-order valence-electron chi connectivity index (χ3n) is 7.28. The Morgan fingerprint density at radius 3 is 2.14 bits per heavy atom. The topological polar surface area (TPSA) is 43.9 Å². The van der Waals surface area contributed by atoms with Gasteiger partial charge in [-0.2, -0.15) is 4.31 Å². The van der Waals surface area contributed by atoms with Crippen molar-refractivity contribution in [3.63, 3.8) is 0 Å². The molecule has 0 saturated carbocycles. The molecular formula is C29H35N3O2S. The van der Waals surface area contributed by atoms with E-state index in [4.69, 9.17) is 0 Å². The molecule has 0 aromatic heterocycles. The molecule has 5 rings (SSSR count). The van der Waals surface area contributed by atoms with Crippen LogP contribution in [-0.4, -0.2) is 45.4 Å². The summed E-state index contributed by atoms with van der Waals surface area (Å²) in [6.45, 7) is 6.92. The molecule has 2 heterocycles. The zero-order valence-electron chi connectivity index (χ0n) is 20.9. The summed E-state index contributed by atoms with van der Waals surface area (Å²) in [6, 6.07) is 24.3. The molecule has 1 saturated heterocycles. The molecular weight excluding hydrogens is 454 g/mol. The number of rotatable bonds is 5. The maximum absolute atomic E-state index is 14.1. The van der Waals surface area contributed by atoms with Crippen LogP contribution in [0.1, 0.15) is 33.1 Å². The number of anilines is 3. The lowest BCUT2D eigenvalue weighted by atomic mass is 10.0. The van der Waals surface area contributed by atoms with Crippen molar-refractivity contribution in [3.8, 4) is 11.1 Å². The van der Waals surface area contributed by atoms with Crippen LogP contribution in [0.3, 0.4) is 0 Å². The Labute approximate surface area is 210 Å². The molecule has 0 aliphatic carbocycles. The van der Waals surface area contributed by atoms with Gasteiger partial charge in [0.1, 0.15) is 4.90 Å². The molecule has 5 nitrogen and oxygen atoms in total. The maximum Gasteiger partial charge on any atom is 0.245 e. The molecule has 3 aromatic carbocycles. The third-order valence-corrected chi connectivity index (χ3v) is 9.21. The molecule has 3 aromatic rings. The highest BCUT2D eigenvalue weighted by Crippen LogP contribution is 2.45. The molecule has 6 heteroatoms. The molecule has 2 aliphatic rings. The second-order valence-corrected chi connectivity index (χ2v) is 12.1. The third kappa shape index (κ3) is 4.57. The SMILES string of the molecule is CC(C)CC1CN(c2ccccc2)c2cc(N3CCCC3)c(-c3ccccc3)cc2S(=O)(=O)N1C. The lowest BCUT2D eigenvalue weighted by Crippen LogP contribution is -2.41. The number of sulfonamides is 1. The molecule has 35 heavy (non-hydrogen) atoms. The van der Waals surface area contributed by atoms with Crippen LogP contribution >= 0.6 is 0 Å². The fourth-order valence-electron chi connectivity index (χ4n) is 5.44. The number of hydrogen-bond donors (Lipinski definition) is 0. The van der Waals surface area contributed by atoms with Crippen molar-refractivity contribution in [2.45, 2.75) is 44.0 Å². The van der Waals surface area contributed by atoms with Crippen LogP contribution in [0.15, 0.2) is 77.7 Å². The van der Waals surface area contributed by atoms with Crippen LogP contribution in [-0.2, 0) is 10.0 Å². The minimum absolute atomic E-state index is 0.122. The highest BCUT2D eigenvalue weighted by molar-refractivity contribution is 7.89. The predicted molar refractivity (Wildman–Crippen MR) is 145 cm³/mol. The normalized spacial score (nSPS) is 20.2. The Bertz CT molecular complexity index is 1270. The van der Waals surface area contributed by atoms with Gasteiger partial charge in [-0.25, -0.2) is 8.42 Å². The average Bonchev–Trinajstić information content (AvgIpc) is 3.39. The van der Waals surface area contributed by atoms with E-state index in [2.05, 4.69) is 54.0 Å². The molecule has 0 spiro atoms. The molecule has 0 bridgehead atoms. The molecule has 1 atom stereocenters. The maximum atomic E-state index is 14.1. The van der Waals surface area contributed by atoms with Gasteiger partial charge in [-0.1, -0.05) is 62.4 Å². The first-order chi connectivity index (χ1) is 16.9. The van der Waals surface area contributed by atoms with E-state index in [-0.39, 0.29) is 6.04 Å². The van der Waals surface area contributed by atoms with E-state index in [0.717, 1.165) is 60.5 Å². The largest absolute Gasteiger partial charge is 0.371 e. The molecule has 0 N–H and O–H groups in total. The lowest BCUT2D eigenvalue weighted by Gasteiger charge is -2.31. The zero-order chi connectivity index (χ0) is 24.6. The number of fused-ring (bicyclic) bond motifs is 1. The van der Waals surface area contributed by atoms with Crippen molar-refractivity contribution in [1.82, 2.24) is 4.31 Å². The van der Waals surface area contributed by atoms with Gasteiger partial charge in [0.05, 0.1) is 5.69 Å². The first-order valence-corrected chi connectivity index (χ1v) is 14.1. The Morgan fingerprint density at radius 1 is 0.886 bits per heavy atom. The molecule has 0 radical (unpaired) electrons. The minimum atomic E-state index is -3.69.